The zero-order chi connectivity index (χ0) is 10.4. The molecule has 3 heterocycles. The van der Waals surface area contributed by atoms with Crippen molar-refractivity contribution in [3.8, 4) is 0 Å². The summed E-state index contributed by atoms with van der Waals surface area (Å²) in [4.78, 5) is 4.22. The lowest BCUT2D eigenvalue weighted by molar-refractivity contribution is -0.610. The topological polar surface area (TPSA) is 57.1 Å². The molecule has 15 heavy (non-hydrogen) atoms. The summed E-state index contributed by atoms with van der Waals surface area (Å²) in [5.74, 6) is 0. The second-order valence-corrected chi connectivity index (χ2v) is 3.39. The highest BCUT2D eigenvalue weighted by molar-refractivity contribution is 5.80. The van der Waals surface area contributed by atoms with Crippen LogP contribution in [0, 0.1) is 12.1 Å². The first-order valence-electron chi connectivity index (χ1n) is 4.58. The molecule has 0 bridgehead atoms. The van der Waals surface area contributed by atoms with Gasteiger partial charge in [-0.05, 0) is 0 Å². The van der Waals surface area contributed by atoms with Gasteiger partial charge in [0.1, 0.15) is 0 Å². The summed E-state index contributed by atoms with van der Waals surface area (Å²) in [5, 5.41) is 16.3. The molecule has 0 saturated carbocycles. The van der Waals surface area contributed by atoms with E-state index in [1.807, 2.05) is 6.07 Å². The van der Waals surface area contributed by atoms with E-state index < -0.39 is 0 Å². The van der Waals surface area contributed by atoms with Crippen LogP contribution in [0.2, 0.25) is 0 Å². The Morgan fingerprint density at radius 2 is 2.27 bits per heavy atom. The van der Waals surface area contributed by atoms with Gasteiger partial charge in [-0.15, -0.1) is 0 Å². The molecule has 0 N–H and O–H groups in total. The molecule has 0 unspecified atom stereocenters. The van der Waals surface area contributed by atoms with E-state index in [0.29, 0.717) is 5.69 Å². The van der Waals surface area contributed by atoms with Crippen LogP contribution < -0.4 is 4.73 Å². The number of rotatable bonds is 0. The summed E-state index contributed by atoms with van der Waals surface area (Å²) >= 11 is 0. The summed E-state index contributed by atoms with van der Waals surface area (Å²) < 4.78 is 2.56. The van der Waals surface area contributed by atoms with E-state index in [1.165, 1.54) is 6.20 Å². The van der Waals surface area contributed by atoms with Crippen LogP contribution in [-0.2, 0) is 0 Å². The van der Waals surface area contributed by atoms with Crippen molar-refractivity contribution in [2.45, 2.75) is 6.92 Å². The molecule has 74 valence electrons. The summed E-state index contributed by atoms with van der Waals surface area (Å²) in [5.41, 5.74) is 2.32. The fourth-order valence-electron chi connectivity index (χ4n) is 1.70. The Balaban J connectivity index is 2.60. The molecule has 0 spiro atoms. The van der Waals surface area contributed by atoms with Gasteiger partial charge in [-0.3, -0.25) is 0 Å². The van der Waals surface area contributed by atoms with Crippen LogP contribution in [0.5, 0.6) is 0 Å². The van der Waals surface area contributed by atoms with Gasteiger partial charge < -0.3 is 5.21 Å². The van der Waals surface area contributed by atoms with Gasteiger partial charge in [0.2, 0.25) is 5.69 Å². The minimum atomic E-state index is 0.636. The molecule has 0 fully saturated rings. The quantitative estimate of drug-likeness (QED) is 0.399. The second-order valence-electron chi connectivity index (χ2n) is 3.39. The maximum Gasteiger partial charge on any atom is 0.200 e. The molecular formula is C10H8N4O. The number of pyridine rings is 1. The van der Waals surface area contributed by atoms with Crippen LogP contribution in [0.1, 0.15) is 5.69 Å². The van der Waals surface area contributed by atoms with Gasteiger partial charge in [0.25, 0.3) is 0 Å². The molecule has 0 aliphatic rings. The van der Waals surface area contributed by atoms with Crippen molar-refractivity contribution in [1.82, 2.24) is 14.6 Å². The van der Waals surface area contributed by atoms with Crippen molar-refractivity contribution >= 4 is 16.6 Å². The minimum absolute atomic E-state index is 0.636. The second kappa shape index (κ2) is 2.66. The Morgan fingerprint density at radius 3 is 3.13 bits per heavy atom. The molecule has 0 aromatic carbocycles. The summed E-state index contributed by atoms with van der Waals surface area (Å²) in [6.45, 7) is 1.77. The monoisotopic (exact) mass is 200 g/mol. The molecular weight excluding hydrogens is 192 g/mol. The standard InChI is InChI=1S/C10H8N4O/c1-7-8-6-11-10-2-4-12-14(10)9(8)3-5-13(7)15/h2-6H,1H3. The van der Waals surface area contributed by atoms with Gasteiger partial charge in [0, 0.05) is 25.3 Å². The van der Waals surface area contributed by atoms with Crippen LogP contribution in [0.4, 0.5) is 0 Å². The lowest BCUT2D eigenvalue weighted by Gasteiger charge is -2.04. The predicted molar refractivity (Wildman–Crippen MR) is 54.2 cm³/mol. The third-order valence-electron chi connectivity index (χ3n) is 2.54. The Hall–Kier alpha value is -2.17. The Bertz CT molecular complexity index is 659. The van der Waals surface area contributed by atoms with Crippen LogP contribution in [0.25, 0.3) is 16.6 Å². The molecule has 3 aromatic rings. The van der Waals surface area contributed by atoms with E-state index in [0.717, 1.165) is 21.3 Å². The number of hydrogen-bond acceptors (Lipinski definition) is 3. The van der Waals surface area contributed by atoms with Gasteiger partial charge in [-0.1, -0.05) is 0 Å². The smallest absolute Gasteiger partial charge is 0.200 e. The van der Waals surface area contributed by atoms with Gasteiger partial charge >= 0.3 is 0 Å². The molecule has 3 aromatic heterocycles. The fourth-order valence-corrected chi connectivity index (χ4v) is 1.70. The van der Waals surface area contributed by atoms with E-state index in [1.54, 1.807) is 29.9 Å². The molecule has 3 rings (SSSR count). The molecule has 5 heteroatoms. The van der Waals surface area contributed by atoms with Gasteiger partial charge in [-0.2, -0.15) is 9.83 Å². The number of aromatic nitrogens is 4. The van der Waals surface area contributed by atoms with Crippen LogP contribution in [0.3, 0.4) is 0 Å². The molecule has 0 radical (unpaired) electrons. The maximum absolute atomic E-state index is 11.4. The third kappa shape index (κ3) is 0.999. The van der Waals surface area contributed by atoms with Crippen LogP contribution in [-0.4, -0.2) is 14.6 Å². The average molecular weight is 200 g/mol. The highest BCUT2D eigenvalue weighted by Crippen LogP contribution is 2.14. The zero-order valence-corrected chi connectivity index (χ0v) is 8.08. The third-order valence-corrected chi connectivity index (χ3v) is 2.54. The molecule has 0 aliphatic heterocycles. The number of hydrogen-bond donors (Lipinski definition) is 0. The van der Waals surface area contributed by atoms with Crippen molar-refractivity contribution in [3.05, 3.63) is 41.6 Å². The number of nitrogens with zero attached hydrogens (tertiary/aromatic N) is 4. The minimum Gasteiger partial charge on any atom is -0.618 e. The normalized spacial score (nSPS) is 11.3. The first kappa shape index (κ1) is 8.16. The Morgan fingerprint density at radius 1 is 1.40 bits per heavy atom. The average Bonchev–Trinajstić information content (AvgIpc) is 2.71. The SMILES string of the molecule is Cc1c2cnc3ccnn3c2cc[n+]1[O-]. The summed E-state index contributed by atoms with van der Waals surface area (Å²) in [6, 6.07) is 3.57. The molecule has 5 nitrogen and oxygen atoms in total. The highest BCUT2D eigenvalue weighted by Gasteiger charge is 2.09. The van der Waals surface area contributed by atoms with E-state index >= 15 is 0 Å². The summed E-state index contributed by atoms with van der Waals surface area (Å²) in [7, 11) is 0. The van der Waals surface area contributed by atoms with Gasteiger partial charge in [0.05, 0.1) is 17.1 Å². The van der Waals surface area contributed by atoms with E-state index in [9.17, 15) is 5.21 Å². The zero-order valence-electron chi connectivity index (χ0n) is 8.08. The first-order chi connectivity index (χ1) is 7.27. The Kier molecular flexibility index (Phi) is 1.45. The van der Waals surface area contributed by atoms with Crippen LogP contribution in [0.15, 0.2) is 30.7 Å². The van der Waals surface area contributed by atoms with Crippen molar-refractivity contribution < 1.29 is 4.73 Å². The largest absolute Gasteiger partial charge is 0.618 e. The van der Waals surface area contributed by atoms with E-state index in [4.69, 9.17) is 0 Å². The lowest BCUT2D eigenvalue weighted by atomic mass is 10.2. The highest BCUT2D eigenvalue weighted by atomic mass is 16.5. The van der Waals surface area contributed by atoms with Crippen molar-refractivity contribution in [3.63, 3.8) is 0 Å². The van der Waals surface area contributed by atoms with E-state index in [2.05, 4.69) is 10.1 Å². The number of fused-ring (bicyclic) bond motifs is 3. The van der Waals surface area contributed by atoms with Crippen molar-refractivity contribution in [2.75, 3.05) is 0 Å². The predicted octanol–water partition coefficient (Wildman–Crippen LogP) is 0.824. The van der Waals surface area contributed by atoms with E-state index in [-0.39, 0.29) is 0 Å². The summed E-state index contributed by atoms with van der Waals surface area (Å²) in [6.07, 6.45) is 4.88. The van der Waals surface area contributed by atoms with Crippen molar-refractivity contribution in [1.29, 1.82) is 0 Å². The molecule has 0 aliphatic carbocycles. The van der Waals surface area contributed by atoms with Crippen LogP contribution >= 0.6 is 0 Å². The van der Waals surface area contributed by atoms with Crippen molar-refractivity contribution in [2.24, 2.45) is 0 Å². The Labute approximate surface area is 85.2 Å². The molecule has 0 amide bonds. The van der Waals surface area contributed by atoms with Gasteiger partial charge in [-0.25, -0.2) is 9.50 Å². The maximum atomic E-state index is 11.4. The lowest BCUT2D eigenvalue weighted by Crippen LogP contribution is -2.29. The first-order valence-corrected chi connectivity index (χ1v) is 4.58. The number of aryl methyl sites for hydroxylation is 1. The van der Waals surface area contributed by atoms with Gasteiger partial charge in [0.15, 0.2) is 11.8 Å². The fraction of sp³-hybridized carbons (Fsp3) is 0.100. The molecule has 0 atom stereocenters. The molecule has 0 saturated heterocycles.